The molecule has 5 heteroatoms. The van der Waals surface area contributed by atoms with Crippen LogP contribution in [0.3, 0.4) is 0 Å². The molecule has 2 aromatic rings. The second-order valence-corrected chi connectivity index (χ2v) is 5.35. The summed E-state index contributed by atoms with van der Waals surface area (Å²) in [6.45, 7) is 2.07. The number of ether oxygens (including phenoxy) is 2. The van der Waals surface area contributed by atoms with E-state index in [-0.39, 0.29) is 0 Å². The zero-order valence-corrected chi connectivity index (χ0v) is 13.1. The first kappa shape index (κ1) is 14.7. The molecule has 0 saturated heterocycles. The molecule has 1 N–H and O–H groups in total. The van der Waals surface area contributed by atoms with Crippen molar-refractivity contribution in [1.29, 1.82) is 0 Å². The zero-order chi connectivity index (χ0) is 15.4. The van der Waals surface area contributed by atoms with Gasteiger partial charge in [-0.05, 0) is 29.8 Å². The van der Waals surface area contributed by atoms with Gasteiger partial charge in [-0.1, -0.05) is 29.8 Å². The van der Waals surface area contributed by atoms with Crippen LogP contribution in [0.15, 0.2) is 47.5 Å². The standard InChI is InChI=1S/C17H17ClN2O2/c1-21-15-4-2-3-14(17-19-9-10-20-17)16(15)22-11-12-5-7-13(18)8-6-12/h2-8H,9-11H2,1H3,(H,19,20). The number of rotatable bonds is 5. The number of methoxy groups -OCH3 is 1. The highest BCUT2D eigenvalue weighted by Gasteiger charge is 2.17. The fourth-order valence-electron chi connectivity index (χ4n) is 2.33. The Morgan fingerprint density at radius 1 is 1.18 bits per heavy atom. The molecule has 1 aliphatic rings. The molecule has 4 nitrogen and oxygen atoms in total. The van der Waals surface area contributed by atoms with E-state index in [4.69, 9.17) is 21.1 Å². The summed E-state index contributed by atoms with van der Waals surface area (Å²) in [5, 5.41) is 3.98. The molecule has 0 fully saturated rings. The number of aliphatic imine (C=N–C) groups is 1. The van der Waals surface area contributed by atoms with Crippen LogP contribution in [-0.4, -0.2) is 26.0 Å². The van der Waals surface area contributed by atoms with Gasteiger partial charge in [-0.3, -0.25) is 4.99 Å². The van der Waals surface area contributed by atoms with Gasteiger partial charge in [0, 0.05) is 11.6 Å². The topological polar surface area (TPSA) is 42.8 Å². The Hall–Kier alpha value is -2.20. The van der Waals surface area contributed by atoms with Gasteiger partial charge in [0.25, 0.3) is 0 Å². The first-order valence-corrected chi connectivity index (χ1v) is 7.48. The Kier molecular flexibility index (Phi) is 4.49. The molecule has 0 atom stereocenters. The lowest BCUT2D eigenvalue weighted by molar-refractivity contribution is 0.284. The monoisotopic (exact) mass is 316 g/mol. The average Bonchev–Trinajstić information content (AvgIpc) is 3.08. The highest BCUT2D eigenvalue weighted by atomic mass is 35.5. The summed E-state index contributed by atoms with van der Waals surface area (Å²) >= 11 is 5.90. The summed E-state index contributed by atoms with van der Waals surface area (Å²) in [6.07, 6.45) is 0. The first-order chi connectivity index (χ1) is 10.8. The predicted molar refractivity (Wildman–Crippen MR) is 88.2 cm³/mol. The van der Waals surface area contributed by atoms with Gasteiger partial charge >= 0.3 is 0 Å². The van der Waals surface area contributed by atoms with Gasteiger partial charge in [-0.15, -0.1) is 0 Å². The summed E-state index contributed by atoms with van der Waals surface area (Å²) in [5.74, 6) is 2.25. The van der Waals surface area contributed by atoms with Crippen molar-refractivity contribution in [2.75, 3.05) is 20.2 Å². The van der Waals surface area contributed by atoms with Crippen LogP contribution < -0.4 is 14.8 Å². The van der Waals surface area contributed by atoms with E-state index in [1.54, 1.807) is 7.11 Å². The number of hydrogen-bond donors (Lipinski definition) is 1. The molecule has 0 saturated carbocycles. The lowest BCUT2D eigenvalue weighted by Crippen LogP contribution is -2.20. The number of para-hydroxylation sites is 1. The number of halogens is 1. The van der Waals surface area contributed by atoms with E-state index in [1.807, 2.05) is 42.5 Å². The van der Waals surface area contributed by atoms with Crippen LogP contribution in [0.25, 0.3) is 0 Å². The molecular formula is C17H17ClN2O2. The van der Waals surface area contributed by atoms with Crippen molar-refractivity contribution in [3.8, 4) is 11.5 Å². The van der Waals surface area contributed by atoms with Crippen LogP contribution in [-0.2, 0) is 6.61 Å². The molecule has 0 spiro atoms. The first-order valence-electron chi connectivity index (χ1n) is 7.11. The number of nitrogens with one attached hydrogen (secondary N) is 1. The van der Waals surface area contributed by atoms with Crippen LogP contribution in [0.1, 0.15) is 11.1 Å². The van der Waals surface area contributed by atoms with Gasteiger partial charge in [-0.25, -0.2) is 0 Å². The van der Waals surface area contributed by atoms with Crippen LogP contribution in [0.5, 0.6) is 11.5 Å². The highest BCUT2D eigenvalue weighted by Crippen LogP contribution is 2.32. The summed E-state index contributed by atoms with van der Waals surface area (Å²) in [7, 11) is 1.64. The summed E-state index contributed by atoms with van der Waals surface area (Å²) in [5.41, 5.74) is 1.97. The van der Waals surface area contributed by atoms with Gasteiger partial charge in [0.1, 0.15) is 12.4 Å². The summed E-state index contributed by atoms with van der Waals surface area (Å²) in [4.78, 5) is 4.46. The van der Waals surface area contributed by atoms with Gasteiger partial charge in [0.15, 0.2) is 11.5 Å². The second kappa shape index (κ2) is 6.71. The van der Waals surface area contributed by atoms with Crippen molar-refractivity contribution in [2.45, 2.75) is 6.61 Å². The molecule has 22 heavy (non-hydrogen) atoms. The van der Waals surface area contributed by atoms with E-state index < -0.39 is 0 Å². The maximum absolute atomic E-state index is 6.01. The molecule has 1 heterocycles. The normalized spacial score (nSPS) is 13.5. The predicted octanol–water partition coefficient (Wildman–Crippen LogP) is 3.28. The Morgan fingerprint density at radius 3 is 2.68 bits per heavy atom. The van der Waals surface area contributed by atoms with E-state index in [0.29, 0.717) is 23.1 Å². The largest absolute Gasteiger partial charge is 0.493 e. The summed E-state index contributed by atoms with van der Waals surface area (Å²) in [6, 6.07) is 13.4. The van der Waals surface area contributed by atoms with Crippen LogP contribution in [0.4, 0.5) is 0 Å². The molecule has 3 rings (SSSR count). The van der Waals surface area contributed by atoms with Gasteiger partial charge in [0.2, 0.25) is 0 Å². The third-order valence-electron chi connectivity index (χ3n) is 3.42. The van der Waals surface area contributed by atoms with Crippen molar-refractivity contribution >= 4 is 17.4 Å². The SMILES string of the molecule is COc1cccc(C2=NCCN2)c1OCc1ccc(Cl)cc1. The minimum Gasteiger partial charge on any atom is -0.493 e. The van der Waals surface area contributed by atoms with Crippen molar-refractivity contribution < 1.29 is 9.47 Å². The Bertz CT molecular complexity index is 684. The van der Waals surface area contributed by atoms with Crippen molar-refractivity contribution in [3.63, 3.8) is 0 Å². The van der Waals surface area contributed by atoms with Crippen LogP contribution in [0, 0.1) is 0 Å². The highest BCUT2D eigenvalue weighted by molar-refractivity contribution is 6.30. The van der Waals surface area contributed by atoms with Crippen molar-refractivity contribution in [3.05, 3.63) is 58.6 Å². The molecule has 0 bridgehead atoms. The molecule has 0 aliphatic carbocycles. The average molecular weight is 317 g/mol. The zero-order valence-electron chi connectivity index (χ0n) is 12.3. The van der Waals surface area contributed by atoms with E-state index in [0.717, 1.165) is 30.1 Å². The smallest absolute Gasteiger partial charge is 0.172 e. The maximum atomic E-state index is 6.01. The number of hydrogen-bond acceptors (Lipinski definition) is 4. The van der Waals surface area contributed by atoms with Crippen LogP contribution >= 0.6 is 11.6 Å². The van der Waals surface area contributed by atoms with Crippen molar-refractivity contribution in [2.24, 2.45) is 4.99 Å². The van der Waals surface area contributed by atoms with Crippen LogP contribution in [0.2, 0.25) is 5.02 Å². The Labute approximate surface area is 134 Å². The lowest BCUT2D eigenvalue weighted by Gasteiger charge is -2.15. The van der Waals surface area contributed by atoms with Crippen molar-refractivity contribution in [1.82, 2.24) is 5.32 Å². The second-order valence-electron chi connectivity index (χ2n) is 4.91. The fraction of sp³-hybridized carbons (Fsp3) is 0.235. The van der Waals surface area contributed by atoms with Gasteiger partial charge in [-0.2, -0.15) is 0 Å². The third-order valence-corrected chi connectivity index (χ3v) is 3.68. The fourth-order valence-corrected chi connectivity index (χ4v) is 2.45. The molecule has 1 aliphatic heterocycles. The molecular weight excluding hydrogens is 300 g/mol. The van der Waals surface area contributed by atoms with Gasteiger partial charge < -0.3 is 14.8 Å². The quantitative estimate of drug-likeness (QED) is 0.920. The molecule has 0 aromatic heterocycles. The number of benzene rings is 2. The Morgan fingerprint density at radius 2 is 2.00 bits per heavy atom. The molecule has 0 unspecified atom stereocenters. The minimum absolute atomic E-state index is 0.442. The van der Waals surface area contributed by atoms with E-state index >= 15 is 0 Å². The van der Waals surface area contributed by atoms with E-state index in [9.17, 15) is 0 Å². The maximum Gasteiger partial charge on any atom is 0.172 e. The number of amidine groups is 1. The molecule has 0 amide bonds. The third kappa shape index (κ3) is 3.17. The van der Waals surface area contributed by atoms with E-state index in [2.05, 4.69) is 10.3 Å². The molecule has 0 radical (unpaired) electrons. The van der Waals surface area contributed by atoms with Gasteiger partial charge in [0.05, 0.1) is 19.2 Å². The minimum atomic E-state index is 0.442. The Balaban J connectivity index is 1.86. The van der Waals surface area contributed by atoms with E-state index in [1.165, 1.54) is 0 Å². The summed E-state index contributed by atoms with van der Waals surface area (Å²) < 4.78 is 11.4. The lowest BCUT2D eigenvalue weighted by atomic mass is 10.1. The molecule has 2 aromatic carbocycles. The molecule has 114 valence electrons. The number of nitrogens with zero attached hydrogens (tertiary/aromatic N) is 1.